The second-order valence-corrected chi connectivity index (χ2v) is 13.7. The monoisotopic (exact) mass is 677 g/mol. The van der Waals surface area contributed by atoms with Crippen LogP contribution in [0.4, 0.5) is 17.1 Å². The molecule has 9 aromatic carbocycles. The Hall–Kier alpha value is -7.10. The van der Waals surface area contributed by atoms with Gasteiger partial charge in [-0.2, -0.15) is 0 Å². The Balaban J connectivity index is 1.21. The van der Waals surface area contributed by atoms with E-state index in [2.05, 4.69) is 175 Å². The van der Waals surface area contributed by atoms with Crippen molar-refractivity contribution in [2.75, 3.05) is 4.90 Å². The number of benzene rings is 9. The molecule has 0 amide bonds. The van der Waals surface area contributed by atoms with Gasteiger partial charge in [0.2, 0.25) is 0 Å². The summed E-state index contributed by atoms with van der Waals surface area (Å²) in [5.74, 6) is 0. The minimum Gasteiger partial charge on any atom is -0.456 e. The van der Waals surface area contributed by atoms with Crippen LogP contribution in [0.15, 0.2) is 197 Å². The Morgan fingerprint density at radius 2 is 0.906 bits per heavy atom. The fourth-order valence-corrected chi connectivity index (χ4v) is 8.17. The van der Waals surface area contributed by atoms with E-state index in [0.29, 0.717) is 0 Å². The van der Waals surface area contributed by atoms with Gasteiger partial charge in [-0.25, -0.2) is 0 Å². The molecular weight excluding hydrogens is 647 g/mol. The van der Waals surface area contributed by atoms with Crippen molar-refractivity contribution < 1.29 is 8.83 Å². The van der Waals surface area contributed by atoms with Gasteiger partial charge < -0.3 is 13.7 Å². The van der Waals surface area contributed by atoms with Gasteiger partial charge in [0, 0.05) is 38.5 Å². The first-order chi connectivity index (χ1) is 26.3. The van der Waals surface area contributed by atoms with Gasteiger partial charge in [0.05, 0.1) is 5.69 Å². The van der Waals surface area contributed by atoms with Crippen LogP contribution in [0.1, 0.15) is 0 Å². The molecule has 0 aliphatic heterocycles. The molecule has 0 fully saturated rings. The van der Waals surface area contributed by atoms with E-state index in [4.69, 9.17) is 8.83 Å². The first-order valence-corrected chi connectivity index (χ1v) is 18.0. The highest BCUT2D eigenvalue weighted by Crippen LogP contribution is 2.48. The molecule has 53 heavy (non-hydrogen) atoms. The second-order valence-electron chi connectivity index (χ2n) is 13.7. The fourth-order valence-electron chi connectivity index (χ4n) is 8.17. The molecule has 3 nitrogen and oxygen atoms in total. The lowest BCUT2D eigenvalue weighted by Gasteiger charge is -2.28. The highest BCUT2D eigenvalue weighted by Gasteiger charge is 2.24. The number of fused-ring (bicyclic) bond motifs is 9. The van der Waals surface area contributed by atoms with Gasteiger partial charge in [0.25, 0.3) is 0 Å². The zero-order valence-electron chi connectivity index (χ0n) is 28.7. The molecule has 2 heterocycles. The molecule has 248 valence electrons. The molecule has 0 N–H and O–H groups in total. The fraction of sp³-hybridized carbons (Fsp3) is 0. The molecule has 3 heteroatoms. The lowest BCUT2D eigenvalue weighted by Crippen LogP contribution is -2.11. The molecule has 0 unspecified atom stereocenters. The molecule has 0 atom stereocenters. The maximum atomic E-state index is 6.54. The molecule has 11 aromatic rings. The predicted octanol–water partition coefficient (Wildman–Crippen LogP) is 14.6. The van der Waals surface area contributed by atoms with Crippen molar-refractivity contribution >= 4 is 82.5 Å². The van der Waals surface area contributed by atoms with Gasteiger partial charge in [-0.15, -0.1) is 0 Å². The van der Waals surface area contributed by atoms with Crippen LogP contribution in [0, 0.1) is 0 Å². The second kappa shape index (κ2) is 11.7. The van der Waals surface area contributed by atoms with Crippen LogP contribution >= 0.6 is 0 Å². The predicted molar refractivity (Wildman–Crippen MR) is 222 cm³/mol. The summed E-state index contributed by atoms with van der Waals surface area (Å²) in [4.78, 5) is 2.39. The molecule has 11 rings (SSSR count). The summed E-state index contributed by atoms with van der Waals surface area (Å²) in [6.45, 7) is 0. The van der Waals surface area contributed by atoms with Crippen LogP contribution in [-0.2, 0) is 0 Å². The third-order valence-electron chi connectivity index (χ3n) is 10.6. The number of para-hydroxylation sites is 2. The highest BCUT2D eigenvalue weighted by atomic mass is 16.3. The zero-order valence-corrected chi connectivity index (χ0v) is 28.7. The molecule has 0 bridgehead atoms. The Labute approximate surface area is 305 Å². The van der Waals surface area contributed by atoms with E-state index >= 15 is 0 Å². The van der Waals surface area contributed by atoms with Crippen molar-refractivity contribution in [3.63, 3.8) is 0 Å². The van der Waals surface area contributed by atoms with E-state index in [1.807, 2.05) is 18.2 Å². The summed E-state index contributed by atoms with van der Waals surface area (Å²) >= 11 is 0. The minimum atomic E-state index is 0.860. The summed E-state index contributed by atoms with van der Waals surface area (Å²) in [6, 6.07) is 66.9. The molecule has 0 saturated carbocycles. The first kappa shape index (κ1) is 29.6. The lowest BCUT2D eigenvalue weighted by molar-refractivity contribution is 0.668. The number of anilines is 3. The SMILES string of the molecule is c1ccc(-c2ccc(N(c3ccc4oc5ccccc5c4c3)c3ccc4oc5ccccc5c4c3-c3ccc4c(ccc5ccccc54)c3)cc2)cc1. The summed E-state index contributed by atoms with van der Waals surface area (Å²) in [6.07, 6.45) is 0. The summed E-state index contributed by atoms with van der Waals surface area (Å²) in [5, 5.41) is 9.30. The lowest BCUT2D eigenvalue weighted by atomic mass is 9.93. The van der Waals surface area contributed by atoms with Crippen molar-refractivity contribution in [3.8, 4) is 22.3 Å². The average molecular weight is 678 g/mol. The average Bonchev–Trinajstić information content (AvgIpc) is 3.79. The van der Waals surface area contributed by atoms with Gasteiger partial charge >= 0.3 is 0 Å². The molecule has 0 spiro atoms. The molecule has 2 aromatic heterocycles. The van der Waals surface area contributed by atoms with E-state index in [1.54, 1.807) is 0 Å². The smallest absolute Gasteiger partial charge is 0.136 e. The molecular formula is C50H31NO2. The van der Waals surface area contributed by atoms with E-state index in [-0.39, 0.29) is 0 Å². The first-order valence-electron chi connectivity index (χ1n) is 18.0. The van der Waals surface area contributed by atoms with Crippen LogP contribution in [0.5, 0.6) is 0 Å². The van der Waals surface area contributed by atoms with Gasteiger partial charge in [0.15, 0.2) is 0 Å². The number of nitrogens with zero attached hydrogens (tertiary/aromatic N) is 1. The van der Waals surface area contributed by atoms with E-state index in [9.17, 15) is 0 Å². The number of hydrogen-bond acceptors (Lipinski definition) is 3. The van der Waals surface area contributed by atoms with E-state index in [0.717, 1.165) is 72.1 Å². The van der Waals surface area contributed by atoms with E-state index in [1.165, 1.54) is 32.7 Å². The normalized spacial score (nSPS) is 11.8. The van der Waals surface area contributed by atoms with Crippen LogP contribution in [-0.4, -0.2) is 0 Å². The minimum absolute atomic E-state index is 0.860. The van der Waals surface area contributed by atoms with Crippen molar-refractivity contribution in [1.82, 2.24) is 0 Å². The third kappa shape index (κ3) is 4.75. The molecule has 0 saturated heterocycles. The van der Waals surface area contributed by atoms with Crippen molar-refractivity contribution in [2.24, 2.45) is 0 Å². The van der Waals surface area contributed by atoms with Crippen molar-refractivity contribution in [2.45, 2.75) is 0 Å². The Kier molecular flexibility index (Phi) is 6.55. The van der Waals surface area contributed by atoms with Crippen LogP contribution in [0.25, 0.3) is 87.7 Å². The number of rotatable bonds is 5. The standard InChI is InChI=1S/C50H31NO2/c1-2-10-32(11-3-1)33-20-23-37(24-21-33)51(38-25-28-47-43(31-38)41-14-6-8-16-45(41)52-47)44-27-29-48-50(42-15-7-9-17-46(42)53-48)49(44)36-22-26-40-35(30-36)19-18-34-12-4-5-13-39(34)40/h1-31H. The van der Waals surface area contributed by atoms with Gasteiger partial charge in [-0.3, -0.25) is 0 Å². The van der Waals surface area contributed by atoms with Crippen molar-refractivity contribution in [1.29, 1.82) is 0 Å². The Morgan fingerprint density at radius 1 is 0.321 bits per heavy atom. The zero-order chi connectivity index (χ0) is 34.9. The summed E-state index contributed by atoms with van der Waals surface area (Å²) < 4.78 is 12.8. The van der Waals surface area contributed by atoms with Gasteiger partial charge in [-0.1, -0.05) is 127 Å². The summed E-state index contributed by atoms with van der Waals surface area (Å²) in [7, 11) is 0. The van der Waals surface area contributed by atoms with Gasteiger partial charge in [-0.05, 0) is 98.9 Å². The number of furan rings is 2. The van der Waals surface area contributed by atoms with E-state index < -0.39 is 0 Å². The largest absolute Gasteiger partial charge is 0.456 e. The van der Waals surface area contributed by atoms with Crippen molar-refractivity contribution in [3.05, 3.63) is 188 Å². The highest BCUT2D eigenvalue weighted by molar-refractivity contribution is 6.18. The Bertz CT molecular complexity index is 3170. The van der Waals surface area contributed by atoms with Crippen LogP contribution in [0.2, 0.25) is 0 Å². The molecule has 0 aliphatic rings. The Morgan fingerprint density at radius 3 is 1.75 bits per heavy atom. The third-order valence-corrected chi connectivity index (χ3v) is 10.6. The maximum Gasteiger partial charge on any atom is 0.136 e. The van der Waals surface area contributed by atoms with Crippen LogP contribution in [0.3, 0.4) is 0 Å². The quantitative estimate of drug-likeness (QED) is 0.170. The number of hydrogen-bond donors (Lipinski definition) is 0. The summed E-state index contributed by atoms with van der Waals surface area (Å²) in [5.41, 5.74) is 11.2. The van der Waals surface area contributed by atoms with Crippen LogP contribution < -0.4 is 4.90 Å². The molecule has 0 aliphatic carbocycles. The maximum absolute atomic E-state index is 6.54. The molecule has 0 radical (unpaired) electrons. The van der Waals surface area contributed by atoms with Gasteiger partial charge in [0.1, 0.15) is 22.3 Å². The topological polar surface area (TPSA) is 29.5 Å².